The van der Waals surface area contributed by atoms with E-state index < -0.39 is 10.0 Å². The van der Waals surface area contributed by atoms with Crippen LogP contribution in [0.2, 0.25) is 0 Å². The zero-order chi connectivity index (χ0) is 20.7. The van der Waals surface area contributed by atoms with Gasteiger partial charge in [-0.15, -0.1) is 0 Å². The number of benzene rings is 2. The molecule has 0 amide bonds. The highest BCUT2D eigenvalue weighted by atomic mass is 32.2. The van der Waals surface area contributed by atoms with Crippen LogP contribution in [-0.4, -0.2) is 39.3 Å². The van der Waals surface area contributed by atoms with Crippen molar-refractivity contribution >= 4 is 16.0 Å². The monoisotopic (exact) mass is 402 g/mol. The molecule has 2 aromatic rings. The van der Waals surface area contributed by atoms with Crippen LogP contribution < -0.4 is 10.6 Å². The Morgan fingerprint density at radius 3 is 2.39 bits per heavy atom. The fourth-order valence-corrected chi connectivity index (χ4v) is 3.92. The number of nitrogens with zero attached hydrogens (tertiary/aromatic N) is 2. The van der Waals surface area contributed by atoms with E-state index in [0.717, 1.165) is 6.54 Å². The molecule has 2 N–H and O–H groups in total. The molecule has 152 valence electrons. The molecule has 0 aliphatic carbocycles. The number of aryl methyl sites for hydroxylation is 2. The molecule has 0 bridgehead atoms. The van der Waals surface area contributed by atoms with Crippen molar-refractivity contribution in [3.63, 3.8) is 0 Å². The Balaban J connectivity index is 2.19. The van der Waals surface area contributed by atoms with Gasteiger partial charge in [-0.1, -0.05) is 42.0 Å². The summed E-state index contributed by atoms with van der Waals surface area (Å²) in [6, 6.07) is 13.3. The normalized spacial score (nSPS) is 12.3. The zero-order valence-electron chi connectivity index (χ0n) is 17.3. The Hall–Kier alpha value is -2.38. The fraction of sp³-hybridized carbons (Fsp3) is 0.381. The van der Waals surface area contributed by atoms with Crippen molar-refractivity contribution in [1.82, 2.24) is 14.9 Å². The molecule has 7 heteroatoms. The highest BCUT2D eigenvalue weighted by Crippen LogP contribution is 2.19. The van der Waals surface area contributed by atoms with E-state index in [2.05, 4.69) is 47.7 Å². The van der Waals surface area contributed by atoms with Crippen LogP contribution in [0.1, 0.15) is 29.2 Å². The van der Waals surface area contributed by atoms with Gasteiger partial charge in [0.2, 0.25) is 10.0 Å². The van der Waals surface area contributed by atoms with Crippen molar-refractivity contribution < 1.29 is 8.42 Å². The van der Waals surface area contributed by atoms with E-state index in [9.17, 15) is 8.42 Å². The van der Waals surface area contributed by atoms with Crippen molar-refractivity contribution in [3.05, 3.63) is 64.7 Å². The quantitative estimate of drug-likeness (QED) is 0.552. The summed E-state index contributed by atoms with van der Waals surface area (Å²) < 4.78 is 26.3. The molecule has 28 heavy (non-hydrogen) atoms. The highest BCUT2D eigenvalue weighted by Gasteiger charge is 2.20. The van der Waals surface area contributed by atoms with E-state index in [-0.39, 0.29) is 11.4 Å². The van der Waals surface area contributed by atoms with E-state index in [0.29, 0.717) is 18.1 Å². The first-order valence-corrected chi connectivity index (χ1v) is 10.8. The summed E-state index contributed by atoms with van der Waals surface area (Å²) in [5.74, 6) is 0.652. The van der Waals surface area contributed by atoms with Crippen molar-refractivity contribution in [1.29, 1.82) is 0 Å². The maximum Gasteiger partial charge on any atom is 0.242 e. The summed E-state index contributed by atoms with van der Waals surface area (Å²) in [6.07, 6.45) is 0. The average molecular weight is 403 g/mol. The number of hydrogen-bond donors (Lipinski definition) is 2. The molecule has 0 unspecified atom stereocenters. The van der Waals surface area contributed by atoms with Crippen LogP contribution in [0.5, 0.6) is 0 Å². The first kappa shape index (κ1) is 21.9. The molecule has 0 spiro atoms. The SMILES string of the molecule is CCNC(=NCc1ccccc1S(=O)(=O)N(C)C)NCc1ccc(C)cc1C. The van der Waals surface area contributed by atoms with Crippen molar-refractivity contribution in [3.8, 4) is 0 Å². The lowest BCUT2D eigenvalue weighted by Crippen LogP contribution is -2.37. The van der Waals surface area contributed by atoms with Crippen LogP contribution in [0.15, 0.2) is 52.4 Å². The lowest BCUT2D eigenvalue weighted by atomic mass is 10.1. The second-order valence-electron chi connectivity index (χ2n) is 6.87. The maximum absolute atomic E-state index is 12.5. The van der Waals surface area contributed by atoms with E-state index >= 15 is 0 Å². The van der Waals surface area contributed by atoms with Gasteiger partial charge in [-0.2, -0.15) is 0 Å². The molecule has 6 nitrogen and oxygen atoms in total. The van der Waals surface area contributed by atoms with Gasteiger partial charge in [0.15, 0.2) is 5.96 Å². The number of rotatable bonds is 7. The molecule has 2 aromatic carbocycles. The molecule has 0 aliphatic heterocycles. The van der Waals surface area contributed by atoms with Crippen LogP contribution in [0.3, 0.4) is 0 Å². The molecule has 0 aliphatic rings. The third-order valence-electron chi connectivity index (χ3n) is 4.43. The minimum Gasteiger partial charge on any atom is -0.357 e. The van der Waals surface area contributed by atoms with E-state index in [4.69, 9.17) is 0 Å². The smallest absolute Gasteiger partial charge is 0.242 e. The number of nitrogens with one attached hydrogen (secondary N) is 2. The van der Waals surface area contributed by atoms with Crippen LogP contribution >= 0.6 is 0 Å². The fourth-order valence-electron chi connectivity index (χ4n) is 2.81. The molecular formula is C21H30N4O2S. The summed E-state index contributed by atoms with van der Waals surface area (Å²) in [6.45, 7) is 7.81. The summed E-state index contributed by atoms with van der Waals surface area (Å²) >= 11 is 0. The lowest BCUT2D eigenvalue weighted by molar-refractivity contribution is 0.519. The first-order chi connectivity index (χ1) is 13.3. The van der Waals surface area contributed by atoms with Crippen molar-refractivity contribution in [2.24, 2.45) is 4.99 Å². The second kappa shape index (κ2) is 9.71. The molecule has 0 radical (unpaired) electrons. The number of hydrogen-bond acceptors (Lipinski definition) is 3. The minimum absolute atomic E-state index is 0.269. The standard InChI is InChI=1S/C21H30N4O2S/c1-6-22-21(23-14-18-12-11-16(2)13-17(18)3)24-15-19-9-7-8-10-20(19)28(26,27)25(4)5/h7-13H,6,14-15H2,1-5H3,(H2,22,23,24). The average Bonchev–Trinajstić information content (AvgIpc) is 2.65. The number of sulfonamides is 1. The van der Waals surface area contributed by atoms with Crippen LogP contribution in [0.25, 0.3) is 0 Å². The van der Waals surface area contributed by atoms with Gasteiger partial charge in [-0.3, -0.25) is 0 Å². The van der Waals surface area contributed by atoms with Gasteiger partial charge >= 0.3 is 0 Å². The molecule has 0 atom stereocenters. The van der Waals surface area contributed by atoms with Gasteiger partial charge in [0.1, 0.15) is 0 Å². The molecule has 0 saturated heterocycles. The summed E-state index contributed by atoms with van der Waals surface area (Å²) in [7, 11) is -0.444. The third-order valence-corrected chi connectivity index (χ3v) is 6.34. The van der Waals surface area contributed by atoms with E-state index in [1.807, 2.05) is 13.0 Å². The molecule has 0 saturated carbocycles. The van der Waals surface area contributed by atoms with Crippen LogP contribution in [0, 0.1) is 13.8 Å². The van der Waals surface area contributed by atoms with Crippen molar-refractivity contribution in [2.45, 2.75) is 38.8 Å². The van der Waals surface area contributed by atoms with E-state index in [1.54, 1.807) is 18.2 Å². The van der Waals surface area contributed by atoms with Crippen molar-refractivity contribution in [2.75, 3.05) is 20.6 Å². The zero-order valence-corrected chi connectivity index (χ0v) is 18.1. The Kier molecular flexibility index (Phi) is 7.60. The highest BCUT2D eigenvalue weighted by molar-refractivity contribution is 7.89. The summed E-state index contributed by atoms with van der Waals surface area (Å²) in [5.41, 5.74) is 4.33. The molecule has 0 aromatic heterocycles. The predicted octanol–water partition coefficient (Wildman–Crippen LogP) is 2.81. The molecule has 0 fully saturated rings. The van der Waals surface area contributed by atoms with Gasteiger partial charge in [0.05, 0.1) is 11.4 Å². The molecule has 0 heterocycles. The van der Waals surface area contributed by atoms with Gasteiger partial charge in [-0.25, -0.2) is 17.7 Å². The minimum atomic E-state index is -3.51. The van der Waals surface area contributed by atoms with Crippen LogP contribution in [-0.2, 0) is 23.1 Å². The third kappa shape index (κ3) is 5.56. The van der Waals surface area contributed by atoms with E-state index in [1.165, 1.54) is 35.1 Å². The number of guanidine groups is 1. The predicted molar refractivity (Wildman–Crippen MR) is 115 cm³/mol. The van der Waals surface area contributed by atoms with Crippen LogP contribution in [0.4, 0.5) is 0 Å². The lowest BCUT2D eigenvalue weighted by Gasteiger charge is -2.15. The summed E-state index contributed by atoms with van der Waals surface area (Å²) in [4.78, 5) is 4.88. The Morgan fingerprint density at radius 2 is 1.75 bits per heavy atom. The summed E-state index contributed by atoms with van der Waals surface area (Å²) in [5, 5.41) is 6.54. The second-order valence-corrected chi connectivity index (χ2v) is 8.99. The maximum atomic E-state index is 12.5. The van der Waals surface area contributed by atoms with Gasteiger partial charge in [0, 0.05) is 27.2 Å². The molecular weight excluding hydrogens is 372 g/mol. The largest absolute Gasteiger partial charge is 0.357 e. The first-order valence-electron chi connectivity index (χ1n) is 9.34. The van der Waals surface area contributed by atoms with Gasteiger partial charge in [0.25, 0.3) is 0 Å². The van der Waals surface area contributed by atoms with Gasteiger partial charge < -0.3 is 10.6 Å². The Labute approximate surface area is 168 Å². The van der Waals surface area contributed by atoms with Gasteiger partial charge in [-0.05, 0) is 43.5 Å². The number of aliphatic imine (C=N–C) groups is 1. The molecule has 2 rings (SSSR count). The Bertz CT molecular complexity index is 937. The topological polar surface area (TPSA) is 73.8 Å². The Morgan fingerprint density at radius 1 is 1.04 bits per heavy atom.